The van der Waals surface area contributed by atoms with E-state index in [1.165, 1.54) is 6.07 Å². The van der Waals surface area contributed by atoms with Crippen LogP contribution in [0.4, 0.5) is 8.78 Å². The summed E-state index contributed by atoms with van der Waals surface area (Å²) in [4.78, 5) is 12.1. The number of ketones is 1. The Morgan fingerprint density at radius 2 is 1.95 bits per heavy atom. The first-order chi connectivity index (χ1) is 9.45. The summed E-state index contributed by atoms with van der Waals surface area (Å²) in [5, 5.41) is 4.52. The van der Waals surface area contributed by atoms with Crippen molar-refractivity contribution in [2.45, 2.75) is 26.8 Å². The molecule has 1 heterocycles. The van der Waals surface area contributed by atoms with Crippen LogP contribution in [-0.4, -0.2) is 15.6 Å². The molecule has 20 heavy (non-hydrogen) atoms. The highest BCUT2D eigenvalue weighted by Crippen LogP contribution is 2.23. The van der Waals surface area contributed by atoms with Crippen molar-refractivity contribution in [1.82, 2.24) is 9.78 Å². The number of halogens is 3. The van der Waals surface area contributed by atoms with Crippen LogP contribution < -0.4 is 0 Å². The normalized spacial score (nSPS) is 10.8. The molecule has 0 saturated carbocycles. The molecule has 0 atom stereocenters. The fraction of sp³-hybridized carbons (Fsp3) is 0.286. The molecule has 2 rings (SSSR count). The molecule has 0 N–H and O–H groups in total. The second kappa shape index (κ2) is 5.71. The monoisotopic (exact) mass is 298 g/mol. The summed E-state index contributed by atoms with van der Waals surface area (Å²) in [6.45, 7) is 4.09. The van der Waals surface area contributed by atoms with Gasteiger partial charge in [-0.15, -0.1) is 0 Å². The maximum atomic E-state index is 13.6. The lowest BCUT2D eigenvalue weighted by atomic mass is 10.0. The smallest absolute Gasteiger partial charge is 0.174 e. The minimum absolute atomic E-state index is 0.189. The molecule has 1 aromatic carbocycles. The van der Waals surface area contributed by atoms with Crippen molar-refractivity contribution in [1.29, 1.82) is 0 Å². The lowest BCUT2D eigenvalue weighted by Gasteiger charge is -2.06. The minimum Gasteiger partial charge on any atom is -0.294 e. The highest BCUT2D eigenvalue weighted by atomic mass is 35.5. The van der Waals surface area contributed by atoms with Gasteiger partial charge in [-0.05, 0) is 26.0 Å². The van der Waals surface area contributed by atoms with Gasteiger partial charge in [-0.25, -0.2) is 8.78 Å². The molecule has 1 aromatic heterocycles. The van der Waals surface area contributed by atoms with Crippen LogP contribution in [-0.2, 0) is 13.0 Å². The zero-order valence-corrected chi connectivity index (χ0v) is 11.8. The summed E-state index contributed by atoms with van der Waals surface area (Å²) < 4.78 is 28.7. The number of carbonyl (C=O) groups excluding carboxylic acids is 1. The Morgan fingerprint density at radius 1 is 1.35 bits per heavy atom. The number of carbonyl (C=O) groups is 1. The minimum atomic E-state index is -0.870. The maximum absolute atomic E-state index is 13.6. The fourth-order valence-electron chi connectivity index (χ4n) is 2.04. The van der Waals surface area contributed by atoms with Gasteiger partial charge in [0.2, 0.25) is 0 Å². The molecular weight excluding hydrogens is 286 g/mol. The van der Waals surface area contributed by atoms with Gasteiger partial charge >= 0.3 is 0 Å². The molecule has 2 aromatic rings. The number of nitrogens with zero attached hydrogens (tertiary/aromatic N) is 2. The summed E-state index contributed by atoms with van der Waals surface area (Å²) in [5.41, 5.74) is 0.523. The summed E-state index contributed by atoms with van der Waals surface area (Å²) in [5.74, 6) is -2.40. The van der Waals surface area contributed by atoms with Crippen molar-refractivity contribution < 1.29 is 13.6 Å². The van der Waals surface area contributed by atoms with Gasteiger partial charge in [0.15, 0.2) is 5.78 Å². The number of rotatable bonds is 4. The summed E-state index contributed by atoms with van der Waals surface area (Å²) in [6, 6.07) is 3.33. The van der Waals surface area contributed by atoms with Gasteiger partial charge in [-0.2, -0.15) is 5.10 Å². The van der Waals surface area contributed by atoms with E-state index in [-0.39, 0.29) is 6.42 Å². The van der Waals surface area contributed by atoms with E-state index in [9.17, 15) is 13.6 Å². The van der Waals surface area contributed by atoms with Crippen LogP contribution >= 0.6 is 11.6 Å². The van der Waals surface area contributed by atoms with Crippen LogP contribution in [0.15, 0.2) is 18.2 Å². The summed E-state index contributed by atoms with van der Waals surface area (Å²) in [7, 11) is 0. The lowest BCUT2D eigenvalue weighted by molar-refractivity contribution is 0.0982. The average molecular weight is 299 g/mol. The topological polar surface area (TPSA) is 34.9 Å². The Balaban J connectivity index is 2.38. The molecule has 0 aliphatic rings. The Morgan fingerprint density at radius 3 is 2.50 bits per heavy atom. The highest BCUT2D eigenvalue weighted by molar-refractivity contribution is 6.32. The van der Waals surface area contributed by atoms with Gasteiger partial charge in [0.1, 0.15) is 11.6 Å². The van der Waals surface area contributed by atoms with Crippen molar-refractivity contribution in [2.24, 2.45) is 0 Å². The quantitative estimate of drug-likeness (QED) is 0.809. The van der Waals surface area contributed by atoms with Gasteiger partial charge in [-0.3, -0.25) is 9.48 Å². The van der Waals surface area contributed by atoms with Gasteiger partial charge in [0.05, 0.1) is 28.4 Å². The van der Waals surface area contributed by atoms with E-state index in [1.807, 2.05) is 6.92 Å². The second-order valence-corrected chi connectivity index (χ2v) is 4.74. The third kappa shape index (κ3) is 2.58. The molecule has 0 aliphatic heterocycles. The van der Waals surface area contributed by atoms with Crippen LogP contribution in [0.3, 0.4) is 0 Å². The molecule has 6 heteroatoms. The average Bonchev–Trinajstić information content (AvgIpc) is 2.66. The molecule has 0 amide bonds. The van der Waals surface area contributed by atoms with Crippen LogP contribution in [0.5, 0.6) is 0 Å². The van der Waals surface area contributed by atoms with Crippen LogP contribution in [0, 0.1) is 18.6 Å². The molecular formula is C14H13ClF2N2O. The standard InChI is InChI=1S/C14H13ClF2N2O/c1-3-19-11(14(15)8(2)18-19)7-12(20)13-9(16)5-4-6-10(13)17/h4-6H,3,7H2,1-2H3. The van der Waals surface area contributed by atoms with Crippen molar-refractivity contribution in [3.8, 4) is 0 Å². The van der Waals surface area contributed by atoms with Crippen LogP contribution in [0.2, 0.25) is 5.02 Å². The maximum Gasteiger partial charge on any atom is 0.174 e. The number of hydrogen-bond acceptors (Lipinski definition) is 2. The Labute approximate surface area is 120 Å². The molecule has 106 valence electrons. The van der Waals surface area contributed by atoms with Crippen LogP contribution in [0.1, 0.15) is 28.7 Å². The van der Waals surface area contributed by atoms with Crippen LogP contribution in [0.25, 0.3) is 0 Å². The van der Waals surface area contributed by atoms with Crippen molar-refractivity contribution in [3.63, 3.8) is 0 Å². The lowest BCUT2D eigenvalue weighted by Crippen LogP contribution is -2.13. The fourth-order valence-corrected chi connectivity index (χ4v) is 2.24. The SMILES string of the molecule is CCn1nc(C)c(Cl)c1CC(=O)c1c(F)cccc1F. The highest BCUT2D eigenvalue weighted by Gasteiger charge is 2.21. The van der Waals surface area contributed by atoms with E-state index in [0.29, 0.717) is 23.0 Å². The predicted molar refractivity (Wildman–Crippen MR) is 72.0 cm³/mol. The Hall–Kier alpha value is -1.75. The Kier molecular flexibility index (Phi) is 4.18. The van der Waals surface area contributed by atoms with Gasteiger partial charge in [0.25, 0.3) is 0 Å². The number of hydrogen-bond donors (Lipinski definition) is 0. The van der Waals surface area contributed by atoms with E-state index in [0.717, 1.165) is 12.1 Å². The second-order valence-electron chi connectivity index (χ2n) is 4.36. The molecule has 3 nitrogen and oxygen atoms in total. The molecule has 0 fully saturated rings. The number of benzene rings is 1. The van der Waals surface area contributed by atoms with Gasteiger partial charge in [-0.1, -0.05) is 17.7 Å². The zero-order chi connectivity index (χ0) is 14.9. The number of aromatic nitrogens is 2. The van der Waals surface area contributed by atoms with Gasteiger partial charge in [0, 0.05) is 6.54 Å². The summed E-state index contributed by atoms with van der Waals surface area (Å²) >= 11 is 6.08. The van der Waals surface area contributed by atoms with E-state index >= 15 is 0 Å². The molecule has 0 spiro atoms. The predicted octanol–water partition coefficient (Wildman–Crippen LogP) is 3.57. The third-order valence-electron chi connectivity index (χ3n) is 3.02. The van der Waals surface area contributed by atoms with Gasteiger partial charge < -0.3 is 0 Å². The molecule has 0 saturated heterocycles. The molecule has 0 aliphatic carbocycles. The van der Waals surface area contributed by atoms with E-state index in [2.05, 4.69) is 5.10 Å². The molecule has 0 radical (unpaired) electrons. The molecule has 0 unspecified atom stereocenters. The zero-order valence-electron chi connectivity index (χ0n) is 11.1. The first-order valence-electron chi connectivity index (χ1n) is 6.14. The first-order valence-corrected chi connectivity index (χ1v) is 6.52. The van der Waals surface area contributed by atoms with E-state index in [4.69, 9.17) is 11.6 Å². The number of aryl methyl sites for hydroxylation is 2. The van der Waals surface area contributed by atoms with Crippen molar-refractivity contribution >= 4 is 17.4 Å². The van der Waals surface area contributed by atoms with E-state index in [1.54, 1.807) is 11.6 Å². The molecule has 0 bridgehead atoms. The first kappa shape index (κ1) is 14.7. The number of Topliss-reactive ketones (excluding diaryl/α,β-unsaturated/α-hetero) is 1. The van der Waals surface area contributed by atoms with Crippen molar-refractivity contribution in [3.05, 3.63) is 51.8 Å². The van der Waals surface area contributed by atoms with Crippen molar-refractivity contribution in [2.75, 3.05) is 0 Å². The summed E-state index contributed by atoms with van der Waals surface area (Å²) in [6.07, 6.45) is -0.189. The largest absolute Gasteiger partial charge is 0.294 e. The van der Waals surface area contributed by atoms with E-state index < -0.39 is 23.0 Å². The third-order valence-corrected chi connectivity index (χ3v) is 3.51. The Bertz CT molecular complexity index is 647.